The number of carbonyl (C=O) groups is 1. The fraction of sp³-hybridized carbons (Fsp3) is 0.533. The van der Waals surface area contributed by atoms with Crippen LogP contribution in [0.25, 0.3) is 0 Å². The maximum atomic E-state index is 12.3. The highest BCUT2D eigenvalue weighted by molar-refractivity contribution is 9.09. The standard InChI is InChI=1S/C15H19BrN2O3/c1-10-5-4-8-13(18(20)21)14(10)15(19)17-9-11-6-2-3-7-12(11)16/h4-5,8,11-12H,2-3,6-7,9H2,1H3,(H,17,19). The van der Waals surface area contributed by atoms with Gasteiger partial charge in [-0.2, -0.15) is 0 Å². The number of hydrogen-bond acceptors (Lipinski definition) is 3. The van der Waals surface area contributed by atoms with Crippen LogP contribution in [0.15, 0.2) is 18.2 Å². The number of alkyl halides is 1. The van der Waals surface area contributed by atoms with E-state index in [1.165, 1.54) is 18.9 Å². The van der Waals surface area contributed by atoms with Crippen molar-refractivity contribution in [2.24, 2.45) is 5.92 Å². The predicted octanol–water partition coefficient (Wildman–Crippen LogP) is 3.59. The first-order chi connectivity index (χ1) is 10.0. The number of aryl methyl sites for hydroxylation is 1. The number of amides is 1. The third-order valence-corrected chi connectivity index (χ3v) is 5.22. The topological polar surface area (TPSA) is 72.2 Å². The average molecular weight is 355 g/mol. The molecule has 0 aromatic heterocycles. The van der Waals surface area contributed by atoms with Crippen molar-refractivity contribution in [1.82, 2.24) is 5.32 Å². The Bertz CT molecular complexity index is 548. The van der Waals surface area contributed by atoms with E-state index in [4.69, 9.17) is 0 Å². The summed E-state index contributed by atoms with van der Waals surface area (Å²) in [4.78, 5) is 23.3. The van der Waals surface area contributed by atoms with Crippen LogP contribution < -0.4 is 5.32 Å². The quantitative estimate of drug-likeness (QED) is 0.510. The Labute approximate surface area is 132 Å². The Balaban J connectivity index is 2.08. The van der Waals surface area contributed by atoms with Crippen molar-refractivity contribution in [2.45, 2.75) is 37.4 Å². The molecule has 1 fully saturated rings. The van der Waals surface area contributed by atoms with Crippen LogP contribution in [0.4, 0.5) is 5.69 Å². The number of halogens is 1. The molecular weight excluding hydrogens is 336 g/mol. The Kier molecular flexibility index (Phi) is 5.33. The largest absolute Gasteiger partial charge is 0.351 e. The van der Waals surface area contributed by atoms with Gasteiger partial charge in [-0.3, -0.25) is 14.9 Å². The van der Waals surface area contributed by atoms with Crippen molar-refractivity contribution in [3.05, 3.63) is 39.4 Å². The Morgan fingerprint density at radius 3 is 2.81 bits per heavy atom. The molecular formula is C15H19BrN2O3. The second-order valence-corrected chi connectivity index (χ2v) is 6.67. The molecule has 1 saturated carbocycles. The van der Waals surface area contributed by atoms with Crippen molar-refractivity contribution < 1.29 is 9.72 Å². The molecule has 2 atom stereocenters. The Morgan fingerprint density at radius 2 is 2.14 bits per heavy atom. The van der Waals surface area contributed by atoms with Crippen LogP contribution >= 0.6 is 15.9 Å². The van der Waals surface area contributed by atoms with E-state index in [-0.39, 0.29) is 17.2 Å². The lowest BCUT2D eigenvalue weighted by Gasteiger charge is -2.27. The highest BCUT2D eigenvalue weighted by Gasteiger charge is 2.26. The lowest BCUT2D eigenvalue weighted by atomic mass is 9.89. The lowest BCUT2D eigenvalue weighted by Crippen LogP contribution is -2.35. The molecule has 1 aromatic carbocycles. The maximum Gasteiger partial charge on any atom is 0.282 e. The van der Waals surface area contributed by atoms with Gasteiger partial charge in [0.15, 0.2) is 0 Å². The molecule has 1 amide bonds. The lowest BCUT2D eigenvalue weighted by molar-refractivity contribution is -0.385. The van der Waals surface area contributed by atoms with E-state index in [0.29, 0.717) is 22.9 Å². The number of rotatable bonds is 4. The van der Waals surface area contributed by atoms with E-state index in [0.717, 1.165) is 12.8 Å². The first-order valence-electron chi connectivity index (χ1n) is 7.17. The van der Waals surface area contributed by atoms with Gasteiger partial charge < -0.3 is 5.32 Å². The summed E-state index contributed by atoms with van der Waals surface area (Å²) in [6.45, 7) is 2.27. The molecule has 1 aliphatic carbocycles. The van der Waals surface area contributed by atoms with Crippen LogP contribution in [0.1, 0.15) is 41.6 Å². The fourth-order valence-electron chi connectivity index (χ4n) is 2.80. The van der Waals surface area contributed by atoms with Gasteiger partial charge in [0.2, 0.25) is 0 Å². The molecule has 1 aliphatic rings. The van der Waals surface area contributed by atoms with Gasteiger partial charge in [-0.1, -0.05) is 40.9 Å². The highest BCUT2D eigenvalue weighted by Crippen LogP contribution is 2.29. The van der Waals surface area contributed by atoms with Crippen molar-refractivity contribution in [3.63, 3.8) is 0 Å². The maximum absolute atomic E-state index is 12.3. The number of hydrogen-bond donors (Lipinski definition) is 1. The zero-order valence-electron chi connectivity index (χ0n) is 12.0. The second kappa shape index (κ2) is 7.02. The van der Waals surface area contributed by atoms with Crippen LogP contribution in [0.2, 0.25) is 0 Å². The molecule has 0 radical (unpaired) electrons. The Hall–Kier alpha value is -1.43. The van der Waals surface area contributed by atoms with Crippen molar-refractivity contribution in [3.8, 4) is 0 Å². The summed E-state index contributed by atoms with van der Waals surface area (Å²) in [6, 6.07) is 4.69. The zero-order valence-corrected chi connectivity index (χ0v) is 13.6. The minimum absolute atomic E-state index is 0.133. The fourth-order valence-corrected chi connectivity index (χ4v) is 3.58. The summed E-state index contributed by atoms with van der Waals surface area (Å²) in [5, 5.41) is 13.9. The summed E-state index contributed by atoms with van der Waals surface area (Å²) >= 11 is 3.65. The minimum atomic E-state index is -0.504. The highest BCUT2D eigenvalue weighted by atomic mass is 79.9. The monoisotopic (exact) mass is 354 g/mol. The van der Waals surface area contributed by atoms with Gasteiger partial charge in [-0.25, -0.2) is 0 Å². The number of benzene rings is 1. The molecule has 114 valence electrons. The van der Waals surface area contributed by atoms with Gasteiger partial charge in [0, 0.05) is 17.4 Å². The molecule has 6 heteroatoms. The molecule has 0 heterocycles. The number of nitro benzene ring substituents is 1. The van der Waals surface area contributed by atoms with Crippen molar-refractivity contribution >= 4 is 27.5 Å². The third-order valence-electron chi connectivity index (χ3n) is 4.02. The summed E-state index contributed by atoms with van der Waals surface area (Å²) in [7, 11) is 0. The Morgan fingerprint density at radius 1 is 1.43 bits per heavy atom. The van der Waals surface area contributed by atoms with E-state index in [2.05, 4.69) is 21.2 Å². The first-order valence-corrected chi connectivity index (χ1v) is 8.08. The second-order valence-electron chi connectivity index (χ2n) is 5.50. The molecule has 0 aliphatic heterocycles. The summed E-state index contributed by atoms with van der Waals surface area (Å²) in [5.74, 6) is 0.0378. The molecule has 0 bridgehead atoms. The molecule has 1 aromatic rings. The minimum Gasteiger partial charge on any atom is -0.351 e. The normalized spacial score (nSPS) is 21.8. The van der Waals surface area contributed by atoms with Crippen molar-refractivity contribution in [2.75, 3.05) is 6.54 Å². The molecule has 1 N–H and O–H groups in total. The summed E-state index contributed by atoms with van der Waals surface area (Å²) in [6.07, 6.45) is 4.58. The smallest absolute Gasteiger partial charge is 0.282 e. The number of nitrogens with zero attached hydrogens (tertiary/aromatic N) is 1. The molecule has 5 nitrogen and oxygen atoms in total. The number of nitro groups is 1. The zero-order chi connectivity index (χ0) is 15.4. The average Bonchev–Trinajstić information content (AvgIpc) is 2.45. The van der Waals surface area contributed by atoms with Crippen LogP contribution in [-0.2, 0) is 0 Å². The molecule has 0 spiro atoms. The van der Waals surface area contributed by atoms with Gasteiger partial charge in [0.1, 0.15) is 5.56 Å². The van der Waals surface area contributed by atoms with E-state index >= 15 is 0 Å². The number of nitrogens with one attached hydrogen (secondary N) is 1. The SMILES string of the molecule is Cc1cccc([N+](=O)[O-])c1C(=O)NCC1CCCCC1Br. The van der Waals surface area contributed by atoms with Crippen LogP contribution in [-0.4, -0.2) is 22.2 Å². The molecule has 2 rings (SSSR count). The molecule has 21 heavy (non-hydrogen) atoms. The van der Waals surface area contributed by atoms with Gasteiger partial charge in [0.05, 0.1) is 4.92 Å². The van der Waals surface area contributed by atoms with E-state index < -0.39 is 4.92 Å². The van der Waals surface area contributed by atoms with Crippen LogP contribution in [0.5, 0.6) is 0 Å². The van der Waals surface area contributed by atoms with Gasteiger partial charge in [0.25, 0.3) is 11.6 Å². The summed E-state index contributed by atoms with van der Waals surface area (Å²) < 4.78 is 0. The predicted molar refractivity (Wildman–Crippen MR) is 84.8 cm³/mol. The molecule has 0 saturated heterocycles. The first kappa shape index (κ1) is 15.9. The molecule has 2 unspecified atom stereocenters. The van der Waals surface area contributed by atoms with Gasteiger partial charge in [-0.15, -0.1) is 0 Å². The van der Waals surface area contributed by atoms with E-state index in [9.17, 15) is 14.9 Å². The van der Waals surface area contributed by atoms with Crippen LogP contribution in [0, 0.1) is 23.0 Å². The van der Waals surface area contributed by atoms with E-state index in [1.807, 2.05) is 0 Å². The number of carbonyl (C=O) groups excluding carboxylic acids is 1. The van der Waals surface area contributed by atoms with Gasteiger partial charge in [-0.05, 0) is 31.2 Å². The third kappa shape index (κ3) is 3.81. The van der Waals surface area contributed by atoms with Crippen LogP contribution in [0.3, 0.4) is 0 Å². The van der Waals surface area contributed by atoms with Crippen molar-refractivity contribution in [1.29, 1.82) is 0 Å². The van der Waals surface area contributed by atoms with Gasteiger partial charge >= 0.3 is 0 Å². The van der Waals surface area contributed by atoms with E-state index in [1.54, 1.807) is 19.1 Å². The summed E-state index contributed by atoms with van der Waals surface area (Å²) in [5.41, 5.74) is 0.664.